The van der Waals surface area contributed by atoms with Crippen LogP contribution in [0.3, 0.4) is 0 Å². The molecule has 0 aliphatic rings. The highest BCUT2D eigenvalue weighted by Crippen LogP contribution is 2.16. The van der Waals surface area contributed by atoms with Crippen molar-refractivity contribution in [3.63, 3.8) is 0 Å². The summed E-state index contributed by atoms with van der Waals surface area (Å²) in [5.41, 5.74) is -0.230. The van der Waals surface area contributed by atoms with Crippen LogP contribution in [-0.4, -0.2) is 70.1 Å². The van der Waals surface area contributed by atoms with Crippen LogP contribution >= 0.6 is 0 Å². The molecule has 0 bridgehead atoms. The van der Waals surface area contributed by atoms with Crippen molar-refractivity contribution in [2.75, 3.05) is 27.3 Å². The van der Waals surface area contributed by atoms with Crippen LogP contribution in [-0.2, 0) is 24.3 Å². The van der Waals surface area contributed by atoms with E-state index in [-0.39, 0.29) is 24.7 Å². The standard InChI is InChI=1S/C17H24N4O7S/c1-5-11-28-17(21(6-2)12-22)18-20(3)16(24)19-29(25,26)14-10-8-7-9-13(14)15(23)27-4/h7-10,12H,5-6,11H2,1-4H3,(H,19,24)/b18-17+. The maximum Gasteiger partial charge on any atom is 0.351 e. The number of rotatable bonds is 8. The molecule has 0 unspecified atom stereocenters. The summed E-state index contributed by atoms with van der Waals surface area (Å²) in [6.45, 7) is 3.99. The second kappa shape index (κ2) is 11.0. The van der Waals surface area contributed by atoms with Crippen molar-refractivity contribution >= 4 is 34.5 Å². The Morgan fingerprint density at radius 1 is 1.24 bits per heavy atom. The van der Waals surface area contributed by atoms with Gasteiger partial charge in [0.2, 0.25) is 6.41 Å². The summed E-state index contributed by atoms with van der Waals surface area (Å²) < 4.78 is 36.9. The fraction of sp³-hybridized carbons (Fsp3) is 0.412. The van der Waals surface area contributed by atoms with Gasteiger partial charge in [0.1, 0.15) is 4.90 Å². The molecule has 0 aromatic heterocycles. The monoisotopic (exact) mass is 428 g/mol. The molecule has 3 amide bonds. The van der Waals surface area contributed by atoms with Gasteiger partial charge in [0.15, 0.2) is 0 Å². The van der Waals surface area contributed by atoms with E-state index in [2.05, 4.69) is 9.84 Å². The highest BCUT2D eigenvalue weighted by atomic mass is 32.2. The minimum Gasteiger partial charge on any atom is -0.465 e. The van der Waals surface area contributed by atoms with E-state index in [1.165, 1.54) is 25.2 Å². The van der Waals surface area contributed by atoms with Gasteiger partial charge >= 0.3 is 18.0 Å². The van der Waals surface area contributed by atoms with Crippen LogP contribution in [0.15, 0.2) is 34.3 Å². The van der Waals surface area contributed by atoms with Gasteiger partial charge in [-0.3, -0.25) is 9.69 Å². The molecular weight excluding hydrogens is 404 g/mol. The topological polar surface area (TPSA) is 135 Å². The Kier molecular flexibility index (Phi) is 9.06. The summed E-state index contributed by atoms with van der Waals surface area (Å²) in [6, 6.07) is 3.99. The SMILES string of the molecule is CCCO/C(=N/N(C)C(=O)NS(=O)(=O)c1ccccc1C(=O)OC)N(C=O)CC. The third-order valence-electron chi connectivity index (χ3n) is 3.48. The number of carbonyl (C=O) groups excluding carboxylic acids is 3. The summed E-state index contributed by atoms with van der Waals surface area (Å²) in [5, 5.41) is 4.54. The number of methoxy groups -OCH3 is 1. The van der Waals surface area contributed by atoms with Crippen LogP contribution in [0.25, 0.3) is 0 Å². The zero-order chi connectivity index (χ0) is 22.0. The predicted molar refractivity (Wildman–Crippen MR) is 103 cm³/mol. The number of nitrogens with zero attached hydrogens (tertiary/aromatic N) is 3. The first-order valence-corrected chi connectivity index (χ1v) is 10.1. The molecule has 0 fully saturated rings. The summed E-state index contributed by atoms with van der Waals surface area (Å²) in [4.78, 5) is 36.0. The Bertz CT molecular complexity index is 870. The van der Waals surface area contributed by atoms with E-state index < -0.39 is 26.9 Å². The Balaban J connectivity index is 3.12. The molecule has 0 spiro atoms. The Labute approximate surface area is 169 Å². The minimum absolute atomic E-state index is 0.158. The van der Waals surface area contributed by atoms with Crippen molar-refractivity contribution in [1.82, 2.24) is 14.6 Å². The van der Waals surface area contributed by atoms with Gasteiger partial charge in [0.25, 0.3) is 10.0 Å². The molecule has 0 atom stereocenters. The van der Waals surface area contributed by atoms with Gasteiger partial charge in [-0.2, -0.15) is 0 Å². The maximum atomic E-state index is 12.6. The van der Waals surface area contributed by atoms with E-state index >= 15 is 0 Å². The lowest BCUT2D eigenvalue weighted by molar-refractivity contribution is -0.115. The van der Waals surface area contributed by atoms with Crippen molar-refractivity contribution < 1.29 is 32.3 Å². The predicted octanol–water partition coefficient (Wildman–Crippen LogP) is 0.979. The first kappa shape index (κ1) is 23.9. The van der Waals surface area contributed by atoms with E-state index in [0.29, 0.717) is 17.8 Å². The van der Waals surface area contributed by atoms with Gasteiger partial charge in [-0.05, 0) is 25.5 Å². The number of nitrogens with one attached hydrogen (secondary N) is 1. The van der Waals surface area contributed by atoms with Gasteiger partial charge in [0, 0.05) is 13.6 Å². The molecule has 11 nitrogen and oxygen atoms in total. The highest BCUT2D eigenvalue weighted by Gasteiger charge is 2.26. The summed E-state index contributed by atoms with van der Waals surface area (Å²) in [5.74, 6) is -0.871. The minimum atomic E-state index is -4.41. The molecule has 0 aliphatic heterocycles. The third kappa shape index (κ3) is 6.45. The number of sulfonamides is 1. The molecule has 160 valence electrons. The third-order valence-corrected chi connectivity index (χ3v) is 4.86. The van der Waals surface area contributed by atoms with Crippen molar-refractivity contribution in [3.8, 4) is 0 Å². The molecule has 0 aliphatic carbocycles. The zero-order valence-corrected chi connectivity index (χ0v) is 17.4. The van der Waals surface area contributed by atoms with E-state index in [1.54, 1.807) is 6.92 Å². The van der Waals surface area contributed by atoms with Crippen LogP contribution in [0.2, 0.25) is 0 Å². The average molecular weight is 428 g/mol. The molecule has 1 rings (SSSR count). The molecule has 12 heteroatoms. The Hall–Kier alpha value is -3.15. The van der Waals surface area contributed by atoms with Gasteiger partial charge in [0.05, 0.1) is 19.3 Å². The number of hydrogen-bond acceptors (Lipinski definition) is 8. The second-order valence-electron chi connectivity index (χ2n) is 5.54. The fourth-order valence-corrected chi connectivity index (χ4v) is 3.18. The number of amides is 3. The van der Waals surface area contributed by atoms with Crippen LogP contribution in [0, 0.1) is 0 Å². The van der Waals surface area contributed by atoms with E-state index in [1.807, 2.05) is 11.6 Å². The van der Waals surface area contributed by atoms with Gasteiger partial charge in [-0.1, -0.05) is 19.1 Å². The second-order valence-corrected chi connectivity index (χ2v) is 7.20. The number of amidine groups is 1. The number of carbonyl (C=O) groups is 3. The van der Waals surface area contributed by atoms with Crippen molar-refractivity contribution in [2.45, 2.75) is 25.2 Å². The van der Waals surface area contributed by atoms with Crippen LogP contribution in [0.1, 0.15) is 30.6 Å². The average Bonchev–Trinajstić information content (AvgIpc) is 2.71. The molecule has 1 aromatic rings. The lowest BCUT2D eigenvalue weighted by Crippen LogP contribution is -2.41. The molecule has 0 radical (unpaired) electrons. The fourth-order valence-electron chi connectivity index (χ4n) is 2.01. The summed E-state index contributed by atoms with van der Waals surface area (Å²) in [7, 11) is -2.12. The summed E-state index contributed by atoms with van der Waals surface area (Å²) >= 11 is 0. The highest BCUT2D eigenvalue weighted by molar-refractivity contribution is 7.90. The number of benzene rings is 1. The Morgan fingerprint density at radius 2 is 1.90 bits per heavy atom. The van der Waals surface area contributed by atoms with Crippen LogP contribution in [0.4, 0.5) is 4.79 Å². The lowest BCUT2D eigenvalue weighted by atomic mass is 10.2. The quantitative estimate of drug-likeness (QED) is 0.214. The smallest absolute Gasteiger partial charge is 0.351 e. The van der Waals surface area contributed by atoms with Crippen molar-refractivity contribution in [2.24, 2.45) is 5.10 Å². The molecule has 0 saturated carbocycles. The maximum absolute atomic E-state index is 12.6. The van der Waals surface area contributed by atoms with Crippen molar-refractivity contribution in [3.05, 3.63) is 29.8 Å². The van der Waals surface area contributed by atoms with E-state index in [4.69, 9.17) is 4.74 Å². The van der Waals surface area contributed by atoms with Gasteiger partial charge < -0.3 is 9.47 Å². The van der Waals surface area contributed by atoms with Crippen LogP contribution in [0.5, 0.6) is 0 Å². The molecule has 0 saturated heterocycles. The number of ether oxygens (including phenoxy) is 2. The number of esters is 1. The first-order chi connectivity index (χ1) is 13.7. The molecule has 1 N–H and O–H groups in total. The number of hydrazone groups is 1. The Morgan fingerprint density at radius 3 is 2.45 bits per heavy atom. The molecule has 0 heterocycles. The van der Waals surface area contributed by atoms with Gasteiger partial charge in [-0.15, -0.1) is 5.10 Å². The van der Waals surface area contributed by atoms with Crippen molar-refractivity contribution in [1.29, 1.82) is 0 Å². The first-order valence-electron chi connectivity index (χ1n) is 8.62. The lowest BCUT2D eigenvalue weighted by Gasteiger charge is -2.20. The van der Waals surface area contributed by atoms with E-state index in [0.717, 1.165) is 18.1 Å². The summed E-state index contributed by atoms with van der Waals surface area (Å²) in [6.07, 6.45) is 1.10. The normalized spacial score (nSPS) is 11.4. The van der Waals surface area contributed by atoms with Gasteiger partial charge in [-0.25, -0.2) is 27.7 Å². The number of urea groups is 1. The molecule has 1 aromatic carbocycles. The zero-order valence-electron chi connectivity index (χ0n) is 16.6. The van der Waals surface area contributed by atoms with Crippen LogP contribution < -0.4 is 4.72 Å². The molecule has 29 heavy (non-hydrogen) atoms. The molecular formula is C17H24N4O7S. The largest absolute Gasteiger partial charge is 0.465 e. The number of hydrogen-bond donors (Lipinski definition) is 1. The van der Waals surface area contributed by atoms with E-state index in [9.17, 15) is 22.8 Å².